The van der Waals surface area contributed by atoms with Crippen LogP contribution in [-0.4, -0.2) is 19.8 Å². The molecule has 2 aromatic heterocycles. The van der Waals surface area contributed by atoms with E-state index in [-0.39, 0.29) is 28.1 Å². The summed E-state index contributed by atoms with van der Waals surface area (Å²) in [5.74, 6) is -0.905. The summed E-state index contributed by atoms with van der Waals surface area (Å²) in [6, 6.07) is 11.1. The summed E-state index contributed by atoms with van der Waals surface area (Å²) in [5.41, 5.74) is 0.442. The monoisotopic (exact) mass is 399 g/mol. The van der Waals surface area contributed by atoms with E-state index in [4.69, 9.17) is 16.1 Å². The molecule has 0 aliphatic carbocycles. The number of aromatic hydroxyl groups is 1. The van der Waals surface area contributed by atoms with Gasteiger partial charge in [0.1, 0.15) is 17.1 Å². The van der Waals surface area contributed by atoms with Crippen molar-refractivity contribution in [2.75, 3.05) is 0 Å². The topological polar surface area (TPSA) is 81.2 Å². The Balaban J connectivity index is 1.91. The van der Waals surface area contributed by atoms with Crippen LogP contribution in [0.5, 0.6) is 5.75 Å². The van der Waals surface area contributed by atoms with Gasteiger partial charge in [0.25, 0.3) is 11.4 Å². The van der Waals surface area contributed by atoms with Crippen LogP contribution >= 0.6 is 11.6 Å². The number of pyridine rings is 1. The Morgan fingerprint density at radius 1 is 1.25 bits per heavy atom. The van der Waals surface area contributed by atoms with Gasteiger partial charge in [0, 0.05) is 17.5 Å². The Morgan fingerprint density at radius 2 is 2.04 bits per heavy atom. The molecule has 0 radical (unpaired) electrons. The van der Waals surface area contributed by atoms with Crippen LogP contribution in [0.15, 0.2) is 51.8 Å². The maximum Gasteiger partial charge on any atom is 0.267 e. The third kappa shape index (κ3) is 2.93. The number of para-hydroxylation sites is 1. The van der Waals surface area contributed by atoms with Crippen molar-refractivity contribution in [3.63, 3.8) is 0 Å². The molecular weight excluding hydrogens is 385 g/mol. The molecule has 0 saturated heterocycles. The van der Waals surface area contributed by atoms with Gasteiger partial charge in [0.05, 0.1) is 10.5 Å². The highest BCUT2D eigenvalue weighted by atomic mass is 35.5. The fraction of sp³-hybridized carbons (Fsp3) is 0.150. The number of fused-ring (bicyclic) bond motifs is 1. The third-order valence-electron chi connectivity index (χ3n) is 4.41. The molecule has 6 nitrogen and oxygen atoms in total. The number of hydrogen-bond donors (Lipinski definition) is 1. The molecule has 28 heavy (non-hydrogen) atoms. The first-order valence-corrected chi connectivity index (χ1v) is 9.03. The van der Waals surface area contributed by atoms with E-state index >= 15 is 0 Å². The van der Waals surface area contributed by atoms with Crippen molar-refractivity contribution in [2.24, 2.45) is 0 Å². The lowest BCUT2D eigenvalue weighted by Crippen LogP contribution is -2.22. The number of rotatable bonds is 4. The van der Waals surface area contributed by atoms with Gasteiger partial charge in [0.15, 0.2) is 0 Å². The molecule has 0 aliphatic heterocycles. The molecule has 0 spiro atoms. The van der Waals surface area contributed by atoms with E-state index in [1.54, 1.807) is 28.8 Å². The lowest BCUT2D eigenvalue weighted by molar-refractivity contribution is 0.425. The second-order valence-electron chi connectivity index (χ2n) is 6.25. The summed E-state index contributed by atoms with van der Waals surface area (Å²) in [6.07, 6.45) is 0.729. The van der Waals surface area contributed by atoms with E-state index in [0.29, 0.717) is 23.0 Å². The minimum absolute atomic E-state index is 0.0258. The van der Waals surface area contributed by atoms with Gasteiger partial charge in [-0.3, -0.25) is 4.79 Å². The molecule has 2 aromatic carbocycles. The van der Waals surface area contributed by atoms with Crippen LogP contribution in [0.3, 0.4) is 0 Å². The van der Waals surface area contributed by atoms with Crippen molar-refractivity contribution in [3.8, 4) is 28.6 Å². The Kier molecular flexibility index (Phi) is 4.60. The van der Waals surface area contributed by atoms with Gasteiger partial charge in [-0.15, -0.1) is 0 Å². The van der Waals surface area contributed by atoms with Gasteiger partial charge in [0.2, 0.25) is 5.82 Å². The molecule has 0 saturated carbocycles. The Morgan fingerprint density at radius 3 is 2.79 bits per heavy atom. The summed E-state index contributed by atoms with van der Waals surface area (Å²) in [5, 5.41) is 15.0. The highest BCUT2D eigenvalue weighted by Crippen LogP contribution is 2.33. The zero-order chi connectivity index (χ0) is 19.8. The van der Waals surface area contributed by atoms with Crippen molar-refractivity contribution >= 4 is 22.5 Å². The first-order chi connectivity index (χ1) is 13.5. The van der Waals surface area contributed by atoms with Crippen molar-refractivity contribution in [2.45, 2.75) is 19.9 Å². The molecule has 4 aromatic rings. The summed E-state index contributed by atoms with van der Waals surface area (Å²) in [4.78, 5) is 17.2. The standard InChI is InChI=1S/C20H15ClFN3O3/c1-2-9-25-15-6-4-3-5-12(15)17(26)16(20(25)27)19-23-18(24-28-19)11-7-8-13(21)14(22)10-11/h3-8,10,26H,2,9H2,1H3. The Labute approximate surface area is 163 Å². The Hall–Kier alpha value is -3.19. The van der Waals surface area contributed by atoms with E-state index in [0.717, 1.165) is 6.42 Å². The normalized spacial score (nSPS) is 11.2. The van der Waals surface area contributed by atoms with Gasteiger partial charge in [-0.2, -0.15) is 4.98 Å². The smallest absolute Gasteiger partial charge is 0.267 e. The van der Waals surface area contributed by atoms with Gasteiger partial charge >= 0.3 is 0 Å². The maximum absolute atomic E-state index is 13.7. The van der Waals surface area contributed by atoms with Crippen molar-refractivity contribution in [1.29, 1.82) is 0 Å². The van der Waals surface area contributed by atoms with E-state index < -0.39 is 11.4 Å². The van der Waals surface area contributed by atoms with E-state index in [2.05, 4.69) is 10.1 Å². The van der Waals surface area contributed by atoms with Gasteiger partial charge in [-0.1, -0.05) is 35.8 Å². The van der Waals surface area contributed by atoms with Crippen LogP contribution in [-0.2, 0) is 6.54 Å². The quantitative estimate of drug-likeness (QED) is 0.541. The average Bonchev–Trinajstić information content (AvgIpc) is 3.17. The zero-order valence-corrected chi connectivity index (χ0v) is 15.6. The van der Waals surface area contributed by atoms with Crippen LogP contribution in [0.25, 0.3) is 33.7 Å². The molecule has 0 aliphatic rings. The lowest BCUT2D eigenvalue weighted by atomic mass is 10.1. The summed E-state index contributed by atoms with van der Waals surface area (Å²) >= 11 is 5.70. The number of benzene rings is 2. The van der Waals surface area contributed by atoms with E-state index in [1.807, 2.05) is 6.92 Å². The van der Waals surface area contributed by atoms with Crippen molar-refractivity contribution in [1.82, 2.24) is 14.7 Å². The first-order valence-electron chi connectivity index (χ1n) is 8.65. The van der Waals surface area contributed by atoms with Crippen LogP contribution in [0.1, 0.15) is 13.3 Å². The fourth-order valence-electron chi connectivity index (χ4n) is 3.11. The van der Waals surface area contributed by atoms with Gasteiger partial charge in [-0.05, 0) is 36.8 Å². The average molecular weight is 400 g/mol. The predicted molar refractivity (Wildman–Crippen MR) is 104 cm³/mol. The lowest BCUT2D eigenvalue weighted by Gasteiger charge is -2.12. The summed E-state index contributed by atoms with van der Waals surface area (Å²) in [6.45, 7) is 2.42. The molecule has 0 unspecified atom stereocenters. The van der Waals surface area contributed by atoms with E-state index in [1.165, 1.54) is 18.2 Å². The van der Waals surface area contributed by atoms with Crippen LogP contribution in [0, 0.1) is 5.82 Å². The molecule has 0 amide bonds. The highest BCUT2D eigenvalue weighted by Gasteiger charge is 2.23. The second kappa shape index (κ2) is 7.09. The maximum atomic E-state index is 13.7. The number of nitrogens with zero attached hydrogens (tertiary/aromatic N) is 3. The molecule has 0 fully saturated rings. The number of halogens is 2. The molecule has 2 heterocycles. The Bertz CT molecular complexity index is 1250. The van der Waals surface area contributed by atoms with Crippen molar-refractivity contribution < 1.29 is 14.0 Å². The molecular formula is C20H15ClFN3O3. The van der Waals surface area contributed by atoms with Gasteiger partial charge < -0.3 is 14.2 Å². The second-order valence-corrected chi connectivity index (χ2v) is 6.66. The molecule has 0 atom stereocenters. The van der Waals surface area contributed by atoms with Crippen LogP contribution in [0.2, 0.25) is 5.02 Å². The largest absolute Gasteiger partial charge is 0.506 e. The summed E-state index contributed by atoms with van der Waals surface area (Å²) in [7, 11) is 0. The molecule has 4 rings (SSSR count). The van der Waals surface area contributed by atoms with Crippen molar-refractivity contribution in [3.05, 3.63) is 63.7 Å². The molecule has 8 heteroatoms. The predicted octanol–water partition coefficient (Wildman–Crippen LogP) is 4.63. The summed E-state index contributed by atoms with van der Waals surface area (Å²) < 4.78 is 20.5. The van der Waals surface area contributed by atoms with E-state index in [9.17, 15) is 14.3 Å². The molecule has 1 N–H and O–H groups in total. The minimum Gasteiger partial charge on any atom is -0.506 e. The minimum atomic E-state index is -0.621. The first kappa shape index (κ1) is 18.2. The van der Waals surface area contributed by atoms with Crippen LogP contribution < -0.4 is 5.56 Å². The number of hydrogen-bond acceptors (Lipinski definition) is 5. The highest BCUT2D eigenvalue weighted by molar-refractivity contribution is 6.30. The zero-order valence-electron chi connectivity index (χ0n) is 14.8. The fourth-order valence-corrected chi connectivity index (χ4v) is 3.22. The van der Waals surface area contributed by atoms with Crippen LogP contribution in [0.4, 0.5) is 4.39 Å². The number of aromatic nitrogens is 3. The molecule has 0 bridgehead atoms. The third-order valence-corrected chi connectivity index (χ3v) is 4.72. The van der Waals surface area contributed by atoms with Gasteiger partial charge in [-0.25, -0.2) is 4.39 Å². The SMILES string of the molecule is CCCn1c(=O)c(-c2nc(-c3ccc(Cl)c(F)c3)no2)c(O)c2ccccc21. The molecule has 142 valence electrons. The number of aryl methyl sites for hydroxylation is 1.